The molecule has 0 radical (unpaired) electrons. The summed E-state index contributed by atoms with van der Waals surface area (Å²) in [4.78, 5) is 14.3. The van der Waals surface area contributed by atoms with Gasteiger partial charge in [0.15, 0.2) is 0 Å². The molecule has 0 aliphatic carbocycles. The van der Waals surface area contributed by atoms with Crippen molar-refractivity contribution in [2.24, 2.45) is 0 Å². The van der Waals surface area contributed by atoms with E-state index in [9.17, 15) is 9.18 Å². The van der Waals surface area contributed by atoms with E-state index in [2.05, 4.69) is 21.6 Å². The number of anilines is 3. The van der Waals surface area contributed by atoms with Crippen molar-refractivity contribution in [2.75, 3.05) is 48.4 Å². The fourth-order valence-electron chi connectivity index (χ4n) is 2.77. The predicted molar refractivity (Wildman–Crippen MR) is 97.6 cm³/mol. The number of carbonyl (C=O) groups is 1. The van der Waals surface area contributed by atoms with Gasteiger partial charge in [-0.05, 0) is 36.4 Å². The normalized spacial score (nSPS) is 14.2. The number of amides is 1. The maximum atomic E-state index is 12.9. The third kappa shape index (κ3) is 4.93. The highest BCUT2D eigenvalue weighted by Gasteiger charge is 2.14. The summed E-state index contributed by atoms with van der Waals surface area (Å²) in [7, 11) is 0. The van der Waals surface area contributed by atoms with Crippen LogP contribution in [0.1, 0.15) is 6.42 Å². The Morgan fingerprint density at radius 2 is 1.80 bits per heavy atom. The molecular formula is C19H22FN3O2. The van der Waals surface area contributed by atoms with E-state index < -0.39 is 0 Å². The molecule has 1 aliphatic rings. The lowest BCUT2D eigenvalue weighted by molar-refractivity contribution is -0.115. The number of nitrogens with zero attached hydrogens (tertiary/aromatic N) is 1. The van der Waals surface area contributed by atoms with Gasteiger partial charge in [0.2, 0.25) is 5.91 Å². The summed E-state index contributed by atoms with van der Waals surface area (Å²) >= 11 is 0. The fourth-order valence-corrected chi connectivity index (χ4v) is 2.77. The van der Waals surface area contributed by atoms with Gasteiger partial charge in [0, 0.05) is 31.7 Å². The van der Waals surface area contributed by atoms with Crippen molar-refractivity contribution < 1.29 is 13.9 Å². The minimum atomic E-state index is -0.320. The minimum Gasteiger partial charge on any atom is -0.383 e. The zero-order valence-corrected chi connectivity index (χ0v) is 14.0. The van der Waals surface area contributed by atoms with Crippen LogP contribution >= 0.6 is 0 Å². The Hall–Kier alpha value is -2.60. The van der Waals surface area contributed by atoms with E-state index in [1.54, 1.807) is 12.1 Å². The molecule has 0 saturated carbocycles. The zero-order valence-electron chi connectivity index (χ0n) is 14.0. The Balaban J connectivity index is 1.51. The molecule has 2 N–H and O–H groups in total. The Labute approximate surface area is 146 Å². The number of halogens is 1. The van der Waals surface area contributed by atoms with Crippen LogP contribution in [0.5, 0.6) is 0 Å². The molecule has 132 valence electrons. The lowest BCUT2D eigenvalue weighted by Crippen LogP contribution is -2.36. The average molecular weight is 343 g/mol. The minimum absolute atomic E-state index is 0.108. The highest BCUT2D eigenvalue weighted by Crippen LogP contribution is 2.26. The van der Waals surface area contributed by atoms with Crippen LogP contribution in [-0.2, 0) is 9.53 Å². The number of hydrogen-bond donors (Lipinski definition) is 2. The van der Waals surface area contributed by atoms with Gasteiger partial charge in [-0.3, -0.25) is 4.79 Å². The van der Waals surface area contributed by atoms with E-state index in [0.29, 0.717) is 18.7 Å². The molecule has 0 bridgehead atoms. The summed E-state index contributed by atoms with van der Waals surface area (Å²) < 4.78 is 18.3. The van der Waals surface area contributed by atoms with Crippen molar-refractivity contribution >= 4 is 23.0 Å². The molecule has 1 amide bonds. The number of ether oxygens (including phenoxy) is 1. The Kier molecular flexibility index (Phi) is 5.85. The summed E-state index contributed by atoms with van der Waals surface area (Å²) in [5.41, 5.74) is 2.74. The molecule has 5 nitrogen and oxygen atoms in total. The first-order valence-electron chi connectivity index (χ1n) is 8.43. The molecule has 2 aromatic rings. The second kappa shape index (κ2) is 8.48. The van der Waals surface area contributed by atoms with Crippen LogP contribution in [0.15, 0.2) is 48.5 Å². The smallest absolute Gasteiger partial charge is 0.226 e. The van der Waals surface area contributed by atoms with Crippen molar-refractivity contribution in [1.29, 1.82) is 0 Å². The maximum absolute atomic E-state index is 12.9. The number of benzene rings is 2. The number of rotatable bonds is 6. The quantitative estimate of drug-likeness (QED) is 0.846. The van der Waals surface area contributed by atoms with Gasteiger partial charge in [-0.2, -0.15) is 0 Å². The summed E-state index contributed by atoms with van der Waals surface area (Å²) in [6, 6.07) is 13.8. The van der Waals surface area contributed by atoms with E-state index in [4.69, 9.17) is 4.74 Å². The van der Waals surface area contributed by atoms with Gasteiger partial charge in [0.05, 0.1) is 24.6 Å². The molecule has 0 atom stereocenters. The van der Waals surface area contributed by atoms with Crippen LogP contribution in [0.2, 0.25) is 0 Å². The molecule has 1 fully saturated rings. The first-order chi connectivity index (χ1) is 12.2. The topological polar surface area (TPSA) is 53.6 Å². The van der Waals surface area contributed by atoms with Gasteiger partial charge in [-0.25, -0.2) is 4.39 Å². The monoisotopic (exact) mass is 343 g/mol. The summed E-state index contributed by atoms with van der Waals surface area (Å²) in [5.74, 6) is -0.428. The lowest BCUT2D eigenvalue weighted by atomic mass is 10.2. The number of morpholine rings is 1. The van der Waals surface area contributed by atoms with Gasteiger partial charge in [-0.15, -0.1) is 0 Å². The van der Waals surface area contributed by atoms with Crippen LogP contribution in [0, 0.1) is 5.82 Å². The Bertz CT molecular complexity index is 700. The van der Waals surface area contributed by atoms with Crippen LogP contribution in [-0.4, -0.2) is 38.8 Å². The number of para-hydroxylation sites is 2. The SMILES string of the molecule is O=C(CCNc1ccccc1N1CCOCC1)Nc1ccc(F)cc1. The van der Waals surface area contributed by atoms with Crippen LogP contribution in [0.4, 0.5) is 21.5 Å². The second-order valence-electron chi connectivity index (χ2n) is 5.85. The van der Waals surface area contributed by atoms with Gasteiger partial charge in [0.1, 0.15) is 5.82 Å². The van der Waals surface area contributed by atoms with Crippen LogP contribution in [0.25, 0.3) is 0 Å². The van der Waals surface area contributed by atoms with E-state index in [1.807, 2.05) is 18.2 Å². The lowest BCUT2D eigenvalue weighted by Gasteiger charge is -2.30. The zero-order chi connectivity index (χ0) is 17.5. The Morgan fingerprint density at radius 1 is 1.08 bits per heavy atom. The maximum Gasteiger partial charge on any atom is 0.226 e. The van der Waals surface area contributed by atoms with E-state index in [0.717, 1.165) is 37.7 Å². The predicted octanol–water partition coefficient (Wildman–Crippen LogP) is 3.10. The average Bonchev–Trinajstić information content (AvgIpc) is 2.65. The summed E-state index contributed by atoms with van der Waals surface area (Å²) in [5, 5.41) is 6.09. The molecule has 0 aromatic heterocycles. The molecule has 1 saturated heterocycles. The van der Waals surface area contributed by atoms with Crippen molar-refractivity contribution in [3.63, 3.8) is 0 Å². The van der Waals surface area contributed by atoms with Crippen molar-refractivity contribution in [3.8, 4) is 0 Å². The highest BCUT2D eigenvalue weighted by molar-refractivity contribution is 5.91. The van der Waals surface area contributed by atoms with Gasteiger partial charge < -0.3 is 20.3 Å². The molecule has 25 heavy (non-hydrogen) atoms. The summed E-state index contributed by atoms with van der Waals surface area (Å²) in [6.07, 6.45) is 0.328. The first-order valence-corrected chi connectivity index (χ1v) is 8.43. The van der Waals surface area contributed by atoms with Crippen molar-refractivity contribution in [3.05, 3.63) is 54.3 Å². The third-order valence-corrected chi connectivity index (χ3v) is 4.05. The largest absolute Gasteiger partial charge is 0.383 e. The van der Waals surface area contributed by atoms with E-state index in [1.165, 1.54) is 12.1 Å². The number of hydrogen-bond acceptors (Lipinski definition) is 4. The number of nitrogens with one attached hydrogen (secondary N) is 2. The molecule has 6 heteroatoms. The van der Waals surface area contributed by atoms with E-state index in [-0.39, 0.29) is 11.7 Å². The van der Waals surface area contributed by atoms with Crippen molar-refractivity contribution in [1.82, 2.24) is 0 Å². The first kappa shape index (κ1) is 17.2. The van der Waals surface area contributed by atoms with Crippen LogP contribution in [0.3, 0.4) is 0 Å². The fraction of sp³-hybridized carbons (Fsp3) is 0.316. The van der Waals surface area contributed by atoms with Gasteiger partial charge >= 0.3 is 0 Å². The highest BCUT2D eigenvalue weighted by atomic mass is 19.1. The Morgan fingerprint density at radius 3 is 2.56 bits per heavy atom. The number of carbonyl (C=O) groups excluding carboxylic acids is 1. The molecule has 3 rings (SSSR count). The molecule has 2 aromatic carbocycles. The van der Waals surface area contributed by atoms with Gasteiger partial charge in [-0.1, -0.05) is 12.1 Å². The summed E-state index contributed by atoms with van der Waals surface area (Å²) in [6.45, 7) is 3.71. The third-order valence-electron chi connectivity index (χ3n) is 4.05. The molecule has 0 unspecified atom stereocenters. The van der Waals surface area contributed by atoms with Crippen LogP contribution < -0.4 is 15.5 Å². The second-order valence-corrected chi connectivity index (χ2v) is 5.85. The van der Waals surface area contributed by atoms with Crippen molar-refractivity contribution in [2.45, 2.75) is 6.42 Å². The molecule has 1 aliphatic heterocycles. The van der Waals surface area contributed by atoms with E-state index >= 15 is 0 Å². The standard InChI is InChI=1S/C19H22FN3O2/c20-15-5-7-16(8-6-15)22-19(24)9-10-21-17-3-1-2-4-18(17)23-11-13-25-14-12-23/h1-8,21H,9-14H2,(H,22,24). The molecule has 0 spiro atoms. The molecule has 1 heterocycles. The molecular weight excluding hydrogens is 321 g/mol. The van der Waals surface area contributed by atoms with Gasteiger partial charge in [0.25, 0.3) is 0 Å².